The molecule has 2 aliphatic heterocycles. The van der Waals surface area contributed by atoms with Gasteiger partial charge < -0.3 is 14.8 Å². The van der Waals surface area contributed by atoms with E-state index in [2.05, 4.69) is 43.1 Å². The van der Waals surface area contributed by atoms with Gasteiger partial charge in [-0.1, -0.05) is 18.2 Å². The Morgan fingerprint density at radius 2 is 2.10 bits per heavy atom. The standard InChI is InChI=1S/C22H26N6O/c1-22(8-3-5-15(12-22)20-26-25-19-6-4-9-28(19)20)24-21(29)18-11-17-14-27(2)10-7-16(17)13-23-18/h3,5,8,11,13H,4,6-7,9-10,12,14H2,1-2H3,(H,24,29). The molecule has 1 amide bonds. The molecule has 150 valence electrons. The van der Waals surface area contributed by atoms with Crippen molar-refractivity contribution in [3.8, 4) is 0 Å². The fourth-order valence-electron chi connectivity index (χ4n) is 4.54. The van der Waals surface area contributed by atoms with Gasteiger partial charge in [0.05, 0.1) is 5.54 Å². The van der Waals surface area contributed by atoms with E-state index in [4.69, 9.17) is 0 Å². The molecule has 0 spiro atoms. The van der Waals surface area contributed by atoms with Crippen LogP contribution in [0.25, 0.3) is 5.57 Å². The van der Waals surface area contributed by atoms with E-state index in [1.54, 1.807) is 0 Å². The number of fused-ring (bicyclic) bond motifs is 2. The Hall–Kier alpha value is -2.80. The van der Waals surface area contributed by atoms with Crippen LogP contribution in [0, 0.1) is 0 Å². The quantitative estimate of drug-likeness (QED) is 0.869. The first-order valence-corrected chi connectivity index (χ1v) is 10.3. The van der Waals surface area contributed by atoms with E-state index in [-0.39, 0.29) is 5.91 Å². The minimum Gasteiger partial charge on any atom is -0.342 e. The Kier molecular flexibility index (Phi) is 4.35. The van der Waals surface area contributed by atoms with E-state index < -0.39 is 5.54 Å². The van der Waals surface area contributed by atoms with Crippen molar-refractivity contribution in [2.75, 3.05) is 13.6 Å². The monoisotopic (exact) mass is 390 g/mol. The van der Waals surface area contributed by atoms with Gasteiger partial charge in [0.1, 0.15) is 11.5 Å². The van der Waals surface area contributed by atoms with Crippen molar-refractivity contribution in [1.82, 2.24) is 30.0 Å². The maximum absolute atomic E-state index is 13.0. The normalized spacial score (nSPS) is 23.4. The van der Waals surface area contributed by atoms with Gasteiger partial charge in [-0.3, -0.25) is 9.78 Å². The van der Waals surface area contributed by atoms with Crippen LogP contribution in [-0.4, -0.2) is 49.7 Å². The number of pyridine rings is 1. The highest BCUT2D eigenvalue weighted by Crippen LogP contribution is 2.31. The average Bonchev–Trinajstić information content (AvgIpc) is 3.30. The van der Waals surface area contributed by atoms with Crippen LogP contribution in [0.1, 0.15) is 53.0 Å². The second kappa shape index (κ2) is 6.91. The van der Waals surface area contributed by atoms with Gasteiger partial charge in [0, 0.05) is 38.7 Å². The van der Waals surface area contributed by atoms with Crippen LogP contribution >= 0.6 is 0 Å². The van der Waals surface area contributed by atoms with Gasteiger partial charge >= 0.3 is 0 Å². The van der Waals surface area contributed by atoms with Crippen molar-refractivity contribution < 1.29 is 4.79 Å². The first-order chi connectivity index (χ1) is 14.0. The molecule has 0 saturated heterocycles. The minimum absolute atomic E-state index is 0.138. The van der Waals surface area contributed by atoms with Crippen LogP contribution < -0.4 is 5.32 Å². The molecule has 1 N–H and O–H groups in total. The summed E-state index contributed by atoms with van der Waals surface area (Å²) in [6.07, 6.45) is 11.8. The fourth-order valence-corrected chi connectivity index (χ4v) is 4.54. The van der Waals surface area contributed by atoms with Gasteiger partial charge in [-0.05, 0) is 49.6 Å². The lowest BCUT2D eigenvalue weighted by Crippen LogP contribution is -2.45. The second-order valence-electron chi connectivity index (χ2n) is 8.62. The predicted molar refractivity (Wildman–Crippen MR) is 110 cm³/mol. The zero-order chi connectivity index (χ0) is 20.0. The highest BCUT2D eigenvalue weighted by atomic mass is 16.2. The maximum atomic E-state index is 13.0. The molecule has 0 saturated carbocycles. The number of amides is 1. The van der Waals surface area contributed by atoms with E-state index in [1.807, 2.05) is 31.3 Å². The highest BCUT2D eigenvalue weighted by Gasteiger charge is 2.31. The number of carbonyl (C=O) groups excluding carboxylic acids is 1. The van der Waals surface area contributed by atoms with E-state index in [9.17, 15) is 4.79 Å². The fraction of sp³-hybridized carbons (Fsp3) is 0.455. The van der Waals surface area contributed by atoms with Crippen LogP contribution in [0.15, 0.2) is 30.5 Å². The zero-order valence-corrected chi connectivity index (χ0v) is 17.0. The van der Waals surface area contributed by atoms with Crippen molar-refractivity contribution in [1.29, 1.82) is 0 Å². The molecule has 0 aromatic carbocycles. The molecule has 1 unspecified atom stereocenters. The predicted octanol–water partition coefficient (Wildman–Crippen LogP) is 2.14. The topological polar surface area (TPSA) is 75.9 Å². The van der Waals surface area contributed by atoms with Gasteiger partial charge in [0.25, 0.3) is 5.91 Å². The largest absolute Gasteiger partial charge is 0.342 e. The molecule has 0 radical (unpaired) electrons. The average molecular weight is 390 g/mol. The molecule has 3 aliphatic rings. The molecule has 4 heterocycles. The number of aromatic nitrogens is 4. The minimum atomic E-state index is -0.486. The summed E-state index contributed by atoms with van der Waals surface area (Å²) in [5, 5.41) is 11.9. The second-order valence-corrected chi connectivity index (χ2v) is 8.62. The van der Waals surface area contributed by atoms with Crippen LogP contribution in [0.5, 0.6) is 0 Å². The lowest BCUT2D eigenvalue weighted by atomic mass is 9.87. The molecule has 0 fully saturated rings. The Morgan fingerprint density at radius 3 is 3.00 bits per heavy atom. The number of carbonyl (C=O) groups is 1. The molecule has 7 nitrogen and oxygen atoms in total. The molecular weight excluding hydrogens is 364 g/mol. The Morgan fingerprint density at radius 1 is 1.21 bits per heavy atom. The van der Waals surface area contributed by atoms with Gasteiger partial charge in [-0.2, -0.15) is 0 Å². The summed E-state index contributed by atoms with van der Waals surface area (Å²) in [5.74, 6) is 1.85. The molecule has 1 atom stereocenters. The summed E-state index contributed by atoms with van der Waals surface area (Å²) >= 11 is 0. The number of hydrogen-bond donors (Lipinski definition) is 1. The molecule has 0 bridgehead atoms. The summed E-state index contributed by atoms with van der Waals surface area (Å²) < 4.78 is 2.20. The summed E-state index contributed by atoms with van der Waals surface area (Å²) in [6.45, 7) is 4.90. The third kappa shape index (κ3) is 3.40. The van der Waals surface area contributed by atoms with E-state index >= 15 is 0 Å². The van der Waals surface area contributed by atoms with Gasteiger partial charge in [0.15, 0.2) is 5.82 Å². The highest BCUT2D eigenvalue weighted by molar-refractivity contribution is 5.93. The summed E-state index contributed by atoms with van der Waals surface area (Å²) in [7, 11) is 2.10. The van der Waals surface area contributed by atoms with E-state index in [1.165, 1.54) is 11.1 Å². The third-order valence-electron chi connectivity index (χ3n) is 6.13. The van der Waals surface area contributed by atoms with Crippen molar-refractivity contribution in [3.05, 3.63) is 59.0 Å². The summed E-state index contributed by atoms with van der Waals surface area (Å²) in [4.78, 5) is 19.7. The lowest BCUT2D eigenvalue weighted by Gasteiger charge is -2.31. The first-order valence-electron chi connectivity index (χ1n) is 10.3. The number of hydrogen-bond acceptors (Lipinski definition) is 5. The van der Waals surface area contributed by atoms with Crippen LogP contribution in [0.4, 0.5) is 0 Å². The molecule has 2 aromatic heterocycles. The third-order valence-corrected chi connectivity index (χ3v) is 6.13. The smallest absolute Gasteiger partial charge is 0.270 e. The van der Waals surface area contributed by atoms with Gasteiger partial charge in [-0.15, -0.1) is 10.2 Å². The number of aryl methyl sites for hydroxylation is 1. The number of allylic oxidation sites excluding steroid dienone is 2. The van der Waals surface area contributed by atoms with Crippen molar-refractivity contribution in [2.45, 2.75) is 51.2 Å². The molecular formula is C22H26N6O. The number of rotatable bonds is 3. The zero-order valence-electron chi connectivity index (χ0n) is 17.0. The van der Waals surface area contributed by atoms with E-state index in [0.717, 1.165) is 56.1 Å². The van der Waals surface area contributed by atoms with Crippen LogP contribution in [0.2, 0.25) is 0 Å². The molecule has 2 aromatic rings. The number of nitrogens with zero attached hydrogens (tertiary/aromatic N) is 5. The van der Waals surface area contributed by atoms with E-state index in [0.29, 0.717) is 12.1 Å². The van der Waals surface area contributed by atoms with Gasteiger partial charge in [0.2, 0.25) is 0 Å². The Labute approximate surface area is 170 Å². The van der Waals surface area contributed by atoms with Crippen LogP contribution in [-0.2, 0) is 25.9 Å². The Bertz CT molecular complexity index is 1040. The van der Waals surface area contributed by atoms with Crippen LogP contribution in [0.3, 0.4) is 0 Å². The number of nitrogens with one attached hydrogen (secondary N) is 1. The lowest BCUT2D eigenvalue weighted by molar-refractivity contribution is 0.0918. The molecule has 29 heavy (non-hydrogen) atoms. The van der Waals surface area contributed by atoms with Crippen molar-refractivity contribution >= 4 is 11.5 Å². The molecule has 7 heteroatoms. The Balaban J connectivity index is 1.34. The summed E-state index contributed by atoms with van der Waals surface area (Å²) in [6, 6.07) is 1.94. The van der Waals surface area contributed by atoms with Gasteiger partial charge in [-0.25, -0.2) is 0 Å². The maximum Gasteiger partial charge on any atom is 0.270 e. The first kappa shape index (κ1) is 18.2. The SMILES string of the molecule is CN1CCc2cnc(C(=O)NC3(C)C=CC=C(c4nnc5n4CCC5)C3)cc2C1. The number of likely N-dealkylation sites (N-methyl/N-ethyl adjacent to an activating group) is 1. The molecule has 5 rings (SSSR count). The van der Waals surface area contributed by atoms with Crippen molar-refractivity contribution in [3.63, 3.8) is 0 Å². The molecule has 1 aliphatic carbocycles. The summed E-state index contributed by atoms with van der Waals surface area (Å²) in [5.41, 5.74) is 3.54. The van der Waals surface area contributed by atoms with Crippen molar-refractivity contribution in [2.24, 2.45) is 0 Å².